The zero-order valence-electron chi connectivity index (χ0n) is 39.6. The molecule has 24 nitrogen and oxygen atoms in total. The highest BCUT2D eigenvalue weighted by atomic mass is 32.2. The van der Waals surface area contributed by atoms with Crippen molar-refractivity contribution in [3.63, 3.8) is 0 Å². The van der Waals surface area contributed by atoms with E-state index in [1.165, 1.54) is 135 Å². The van der Waals surface area contributed by atoms with Gasteiger partial charge in [-0.05, 0) is 125 Å². The Hall–Kier alpha value is -6.66. The molecular weight excluding hydrogens is 1020 g/mol. The Kier molecular flexibility index (Phi) is 21.0. The van der Waals surface area contributed by atoms with Gasteiger partial charge in [-0.1, -0.05) is 0 Å². The number of rotatable bonds is 27. The minimum atomic E-state index is -3.75. The number of sulfonamides is 4. The van der Waals surface area contributed by atoms with E-state index in [1.54, 1.807) is 0 Å². The molecule has 0 bridgehead atoms. The summed E-state index contributed by atoms with van der Waals surface area (Å²) in [5, 5.41) is 10.5. The highest BCUT2D eigenvalue weighted by molar-refractivity contribution is 7.90. The monoisotopic (exact) mass is 1080 g/mol. The van der Waals surface area contributed by atoms with Crippen LogP contribution in [-0.2, 0) is 68.9 Å². The molecule has 6 amide bonds. The van der Waals surface area contributed by atoms with Crippen LogP contribution in [0.2, 0.25) is 0 Å². The van der Waals surface area contributed by atoms with Gasteiger partial charge in [0.05, 0.1) is 19.6 Å². The number of hydrogen-bond donors (Lipinski definition) is 8. The third kappa shape index (κ3) is 17.6. The molecule has 0 aliphatic carbocycles. The number of carbonyl (C=O) groups is 6. The summed E-state index contributed by atoms with van der Waals surface area (Å²) in [6.07, 6.45) is -2.06. The molecule has 0 radical (unpaired) electrons. The first-order valence-electron chi connectivity index (χ1n) is 21.8. The van der Waals surface area contributed by atoms with Crippen molar-refractivity contribution in [2.75, 3.05) is 75.6 Å². The minimum Gasteiger partial charge on any atom is -0.342 e. The number of carbonyl (C=O) groups excluding carboxylic acids is 6. The summed E-state index contributed by atoms with van der Waals surface area (Å²) in [5.74, 6) is -3.58. The van der Waals surface area contributed by atoms with Gasteiger partial charge >= 0.3 is 0 Å². The van der Waals surface area contributed by atoms with Gasteiger partial charge in [-0.25, -0.2) is 52.6 Å². The molecule has 28 heteroatoms. The third-order valence-electron chi connectivity index (χ3n) is 10.6. The lowest BCUT2D eigenvalue weighted by Crippen LogP contribution is -2.39. The highest BCUT2D eigenvalue weighted by Crippen LogP contribution is 2.19. The molecular formula is C44H56N10O14S4. The SMILES string of the molecule is CNS(=O)(=O)c1ccc(NC(=O)CCN(CCC(=O)Nc2ccc(S(=O)(=O)NC)cc2)C(=O)CCC(=O)N(CCC(=O)Nc2ccc(S(=O)(=O)NC)cc2)CCC(=O)Nc2ccc(S(=O)(=O)NC)cc2)cc1. The Balaban J connectivity index is 1.47. The van der Waals surface area contributed by atoms with Crippen LogP contribution in [-0.4, -0.2) is 133 Å². The lowest BCUT2D eigenvalue weighted by molar-refractivity contribution is -0.138. The molecule has 0 spiro atoms. The van der Waals surface area contributed by atoms with Crippen LogP contribution in [0.25, 0.3) is 0 Å². The number of nitrogens with zero attached hydrogens (tertiary/aromatic N) is 2. The molecule has 390 valence electrons. The summed E-state index contributed by atoms with van der Waals surface area (Å²) in [6.45, 7) is -0.934. The number of hydrogen-bond acceptors (Lipinski definition) is 14. The zero-order valence-corrected chi connectivity index (χ0v) is 42.8. The molecule has 0 aliphatic heterocycles. The van der Waals surface area contributed by atoms with E-state index in [1.807, 2.05) is 0 Å². The fourth-order valence-corrected chi connectivity index (χ4v) is 9.35. The normalized spacial score (nSPS) is 11.8. The Labute approximate surface area is 418 Å². The van der Waals surface area contributed by atoms with E-state index in [0.29, 0.717) is 0 Å². The zero-order chi connectivity index (χ0) is 53.3. The summed E-state index contributed by atoms with van der Waals surface area (Å²) < 4.78 is 106. The predicted molar refractivity (Wildman–Crippen MR) is 266 cm³/mol. The second-order valence-electron chi connectivity index (χ2n) is 15.4. The van der Waals surface area contributed by atoms with Gasteiger partial charge in [-0.3, -0.25) is 28.8 Å². The fourth-order valence-electron chi connectivity index (χ4n) is 6.43. The highest BCUT2D eigenvalue weighted by Gasteiger charge is 2.23. The second kappa shape index (κ2) is 26.2. The standard InChI is InChI=1S/C44H56N10O14S4/c1-45-69(61,62)35-13-5-31(6-14-35)49-39(55)23-27-53(28-24-40(56)50-32-7-15-36(16-8-32)70(63,64)46-2)43(59)21-22-44(60)54(29-25-41(57)51-33-9-17-37(18-10-33)71(65,66)47-3)30-26-42(58)52-34-11-19-38(20-12-34)72(67,68)48-4/h5-20,45-48H,21-30H2,1-4H3,(H,49,55)(H,50,56)(H,51,57)(H,52,58). The maximum Gasteiger partial charge on any atom is 0.240 e. The Morgan fingerprint density at radius 3 is 0.667 bits per heavy atom. The molecule has 0 aliphatic rings. The molecule has 4 aromatic carbocycles. The predicted octanol–water partition coefficient (Wildman–Crippen LogP) is 1.17. The lowest BCUT2D eigenvalue weighted by Gasteiger charge is -2.25. The summed E-state index contributed by atoms with van der Waals surface area (Å²) in [7, 11) is -10.0. The average molecular weight is 1080 g/mol. The van der Waals surface area contributed by atoms with Crippen molar-refractivity contribution in [2.45, 2.75) is 58.1 Å². The topological polar surface area (TPSA) is 342 Å². The van der Waals surface area contributed by atoms with Gasteiger partial charge < -0.3 is 31.1 Å². The third-order valence-corrected chi connectivity index (χ3v) is 16.3. The summed E-state index contributed by atoms with van der Waals surface area (Å²) in [5.41, 5.74) is 1.02. The average Bonchev–Trinajstić information content (AvgIpc) is 3.36. The molecule has 0 aromatic heterocycles. The molecule has 0 unspecified atom stereocenters. The molecule has 0 fully saturated rings. The lowest BCUT2D eigenvalue weighted by atomic mass is 10.2. The van der Waals surface area contributed by atoms with Gasteiger partial charge in [-0.15, -0.1) is 0 Å². The fraction of sp³-hybridized carbons (Fsp3) is 0.318. The summed E-state index contributed by atoms with van der Waals surface area (Å²) >= 11 is 0. The van der Waals surface area contributed by atoms with Crippen molar-refractivity contribution >= 4 is 98.3 Å². The van der Waals surface area contributed by atoms with Gasteiger partial charge in [0.1, 0.15) is 0 Å². The van der Waals surface area contributed by atoms with Crippen molar-refractivity contribution < 1.29 is 62.4 Å². The van der Waals surface area contributed by atoms with Crippen molar-refractivity contribution in [1.82, 2.24) is 28.7 Å². The van der Waals surface area contributed by atoms with E-state index >= 15 is 0 Å². The Morgan fingerprint density at radius 1 is 0.319 bits per heavy atom. The van der Waals surface area contributed by atoms with Gasteiger partial charge in [0.15, 0.2) is 0 Å². The molecule has 0 saturated heterocycles. The second-order valence-corrected chi connectivity index (χ2v) is 22.9. The maximum atomic E-state index is 13.8. The van der Waals surface area contributed by atoms with Crippen molar-refractivity contribution in [2.24, 2.45) is 0 Å². The van der Waals surface area contributed by atoms with Crippen LogP contribution < -0.4 is 40.2 Å². The van der Waals surface area contributed by atoms with Gasteiger partial charge in [0.2, 0.25) is 75.5 Å². The van der Waals surface area contributed by atoms with Crippen molar-refractivity contribution in [3.05, 3.63) is 97.1 Å². The Bertz CT molecular complexity index is 2640. The first-order valence-corrected chi connectivity index (χ1v) is 27.7. The van der Waals surface area contributed by atoms with Crippen LogP contribution >= 0.6 is 0 Å². The van der Waals surface area contributed by atoms with E-state index in [0.717, 1.165) is 0 Å². The van der Waals surface area contributed by atoms with Crippen LogP contribution in [0, 0.1) is 0 Å². The quantitative estimate of drug-likeness (QED) is 0.0416. The first kappa shape index (κ1) is 57.9. The van der Waals surface area contributed by atoms with E-state index in [9.17, 15) is 62.4 Å². The smallest absolute Gasteiger partial charge is 0.240 e. The van der Waals surface area contributed by atoms with Crippen LogP contribution in [0.4, 0.5) is 22.7 Å². The minimum absolute atomic E-state index is 0.0451. The van der Waals surface area contributed by atoms with Crippen LogP contribution in [0.5, 0.6) is 0 Å². The van der Waals surface area contributed by atoms with E-state index in [4.69, 9.17) is 0 Å². The van der Waals surface area contributed by atoms with E-state index in [-0.39, 0.29) is 94.2 Å². The Morgan fingerprint density at radius 2 is 0.500 bits per heavy atom. The van der Waals surface area contributed by atoms with Crippen molar-refractivity contribution in [1.29, 1.82) is 0 Å². The number of nitrogens with one attached hydrogen (secondary N) is 8. The van der Waals surface area contributed by atoms with Gasteiger partial charge in [-0.2, -0.15) is 0 Å². The number of anilines is 4. The van der Waals surface area contributed by atoms with Crippen LogP contribution in [0.15, 0.2) is 117 Å². The largest absolute Gasteiger partial charge is 0.342 e. The molecule has 0 atom stereocenters. The maximum absolute atomic E-state index is 13.8. The van der Waals surface area contributed by atoms with E-state index < -0.39 is 88.4 Å². The molecule has 72 heavy (non-hydrogen) atoms. The molecule has 0 heterocycles. The van der Waals surface area contributed by atoms with Gasteiger partial charge in [0.25, 0.3) is 0 Å². The van der Waals surface area contributed by atoms with Crippen LogP contribution in [0.1, 0.15) is 38.5 Å². The van der Waals surface area contributed by atoms with Crippen molar-refractivity contribution in [3.8, 4) is 0 Å². The number of benzene rings is 4. The molecule has 8 N–H and O–H groups in total. The molecule has 0 saturated carbocycles. The van der Waals surface area contributed by atoms with E-state index in [2.05, 4.69) is 40.2 Å². The molecule has 4 rings (SSSR count). The number of amides is 6. The summed E-state index contributed by atoms with van der Waals surface area (Å²) in [6, 6.07) is 21.2. The first-order chi connectivity index (χ1) is 33.9. The van der Waals surface area contributed by atoms with Gasteiger partial charge in [0, 0.05) is 87.5 Å². The van der Waals surface area contributed by atoms with Crippen LogP contribution in [0.3, 0.4) is 0 Å². The molecule has 4 aromatic rings. The summed E-state index contributed by atoms with van der Waals surface area (Å²) in [4.78, 5) is 82.1.